The zero-order valence-electron chi connectivity index (χ0n) is 17.9. The minimum atomic E-state index is 0. The summed E-state index contributed by atoms with van der Waals surface area (Å²) in [6.07, 6.45) is 3.62. The average Bonchev–Trinajstić information content (AvgIpc) is 3.25. The second kappa shape index (κ2) is 10.3. The van der Waals surface area contributed by atoms with Crippen LogP contribution in [0.15, 0.2) is 36.7 Å². The normalized spacial score (nSPS) is 15.6. The fraction of sp³-hybridized carbons (Fsp3) is 0.364. The first-order chi connectivity index (χ1) is 14.7. The highest BCUT2D eigenvalue weighted by molar-refractivity contribution is 5.97. The third-order valence-corrected chi connectivity index (χ3v) is 5.52. The van der Waals surface area contributed by atoms with Crippen molar-refractivity contribution in [2.24, 2.45) is 0 Å². The maximum absolute atomic E-state index is 6.45. The van der Waals surface area contributed by atoms with Gasteiger partial charge in [0, 0.05) is 25.2 Å². The Morgan fingerprint density at radius 1 is 1.09 bits per heavy atom. The number of nitrogens with one attached hydrogen (secondary N) is 1. The van der Waals surface area contributed by atoms with Crippen LogP contribution in [0, 0.1) is 0 Å². The number of aromatic nitrogens is 2. The minimum absolute atomic E-state index is 0. The van der Waals surface area contributed by atoms with Crippen LogP contribution in [0.3, 0.4) is 0 Å². The van der Waals surface area contributed by atoms with Gasteiger partial charge in [-0.2, -0.15) is 0 Å². The van der Waals surface area contributed by atoms with E-state index in [9.17, 15) is 0 Å². The first-order valence-corrected chi connectivity index (χ1v) is 10.0. The van der Waals surface area contributed by atoms with E-state index in [4.69, 9.17) is 18.9 Å². The second-order valence-corrected chi connectivity index (χ2v) is 7.53. The Bertz CT molecular complexity index is 1080. The molecule has 2 aliphatic heterocycles. The van der Waals surface area contributed by atoms with E-state index in [0.29, 0.717) is 28.8 Å². The second-order valence-electron chi connectivity index (χ2n) is 7.53. The van der Waals surface area contributed by atoms with Gasteiger partial charge in [-0.15, -0.1) is 24.8 Å². The number of hydrogen-bond acceptors (Lipinski definition) is 8. The number of fused-ring (bicyclic) bond motifs is 2. The van der Waals surface area contributed by atoms with Gasteiger partial charge in [0.25, 0.3) is 0 Å². The van der Waals surface area contributed by atoms with Crippen molar-refractivity contribution in [1.82, 2.24) is 14.9 Å². The maximum atomic E-state index is 6.45. The van der Waals surface area contributed by atoms with Gasteiger partial charge in [0.15, 0.2) is 11.5 Å². The van der Waals surface area contributed by atoms with E-state index >= 15 is 0 Å². The molecule has 1 N–H and O–H groups in total. The number of anilines is 2. The highest BCUT2D eigenvalue weighted by Crippen LogP contribution is 2.42. The van der Waals surface area contributed by atoms with Crippen molar-refractivity contribution in [3.63, 3.8) is 0 Å². The van der Waals surface area contributed by atoms with Crippen molar-refractivity contribution >= 4 is 47.2 Å². The molecule has 3 aromatic rings. The van der Waals surface area contributed by atoms with Gasteiger partial charge < -0.3 is 29.2 Å². The Morgan fingerprint density at radius 2 is 1.91 bits per heavy atom. The largest absolute Gasteiger partial charge is 0.497 e. The van der Waals surface area contributed by atoms with Crippen LogP contribution in [0.1, 0.15) is 12.8 Å². The van der Waals surface area contributed by atoms with Crippen LogP contribution in [0.5, 0.6) is 23.0 Å². The fourth-order valence-corrected chi connectivity index (χ4v) is 3.87. The van der Waals surface area contributed by atoms with Gasteiger partial charge in [-0.1, -0.05) is 6.07 Å². The molecule has 0 spiro atoms. The van der Waals surface area contributed by atoms with Crippen LogP contribution in [0.2, 0.25) is 0 Å². The van der Waals surface area contributed by atoms with Crippen molar-refractivity contribution in [2.75, 3.05) is 39.4 Å². The predicted molar refractivity (Wildman–Crippen MR) is 128 cm³/mol. The molecule has 172 valence electrons. The molecule has 0 atom stereocenters. The summed E-state index contributed by atoms with van der Waals surface area (Å²) in [5.41, 5.74) is 1.53. The van der Waals surface area contributed by atoms with E-state index in [-0.39, 0.29) is 37.7 Å². The van der Waals surface area contributed by atoms with Gasteiger partial charge in [0.05, 0.1) is 23.7 Å². The average molecular weight is 481 g/mol. The van der Waals surface area contributed by atoms with Crippen molar-refractivity contribution in [1.29, 1.82) is 0 Å². The molecule has 0 saturated carbocycles. The Kier molecular flexibility index (Phi) is 7.71. The summed E-state index contributed by atoms with van der Waals surface area (Å²) in [7, 11) is 3.78. The van der Waals surface area contributed by atoms with Crippen molar-refractivity contribution < 1.29 is 18.9 Å². The molecule has 0 aliphatic carbocycles. The Labute approximate surface area is 199 Å². The molecule has 2 aromatic carbocycles. The standard InChI is InChI=1S/C22H24N4O4.2ClH/c1-26-8-6-14(7-9-26)30-19-11-15(27-2)10-17-20(19)22(24-12-23-17)25-16-4-3-5-18-21(16)29-13-28-18;;/h3-5,10-12,14H,6-9,13H2,1-2H3,(H,23,24,25);2*1H. The highest BCUT2D eigenvalue weighted by Gasteiger charge is 2.23. The summed E-state index contributed by atoms with van der Waals surface area (Å²) in [4.78, 5) is 11.3. The third-order valence-electron chi connectivity index (χ3n) is 5.52. The van der Waals surface area contributed by atoms with E-state index in [1.807, 2.05) is 30.3 Å². The van der Waals surface area contributed by atoms with Gasteiger partial charge in [-0.25, -0.2) is 9.97 Å². The summed E-state index contributed by atoms with van der Waals surface area (Å²) >= 11 is 0. The van der Waals surface area contributed by atoms with Crippen LogP contribution in [0.4, 0.5) is 11.5 Å². The summed E-state index contributed by atoms with van der Waals surface area (Å²) in [6, 6.07) is 9.52. The number of piperidine rings is 1. The fourth-order valence-electron chi connectivity index (χ4n) is 3.87. The molecule has 5 rings (SSSR count). The topological polar surface area (TPSA) is 78.0 Å². The van der Waals surface area contributed by atoms with Gasteiger partial charge in [0.1, 0.15) is 29.7 Å². The molecular weight excluding hydrogens is 455 g/mol. The SMILES string of the molecule is COc1cc(OC2CCN(C)CC2)c2c(Nc3cccc4c3OCO4)ncnc2c1.Cl.Cl. The molecule has 0 amide bonds. The van der Waals surface area contributed by atoms with Crippen LogP contribution >= 0.6 is 24.8 Å². The lowest BCUT2D eigenvalue weighted by atomic mass is 10.1. The zero-order chi connectivity index (χ0) is 20.5. The lowest BCUT2D eigenvalue weighted by molar-refractivity contribution is 0.115. The number of nitrogens with zero attached hydrogens (tertiary/aromatic N) is 3. The van der Waals surface area contributed by atoms with Gasteiger partial charge in [-0.3, -0.25) is 0 Å². The summed E-state index contributed by atoms with van der Waals surface area (Å²) in [6.45, 7) is 2.24. The minimum Gasteiger partial charge on any atom is -0.497 e. The summed E-state index contributed by atoms with van der Waals surface area (Å²) < 4.78 is 23.0. The number of rotatable bonds is 5. The number of para-hydroxylation sites is 1. The van der Waals surface area contributed by atoms with Gasteiger partial charge in [0.2, 0.25) is 6.79 Å². The molecule has 0 unspecified atom stereocenters. The number of hydrogen-bond donors (Lipinski definition) is 1. The van der Waals surface area contributed by atoms with E-state index in [2.05, 4.69) is 27.2 Å². The van der Waals surface area contributed by atoms with Crippen LogP contribution in [-0.4, -0.2) is 55.0 Å². The molecular formula is C22H26Cl2N4O4. The number of ether oxygens (including phenoxy) is 4. The highest BCUT2D eigenvalue weighted by atomic mass is 35.5. The summed E-state index contributed by atoms with van der Waals surface area (Å²) in [5.74, 6) is 3.45. The van der Waals surface area contributed by atoms with Crippen molar-refractivity contribution in [3.05, 3.63) is 36.7 Å². The van der Waals surface area contributed by atoms with Crippen molar-refractivity contribution in [2.45, 2.75) is 18.9 Å². The number of methoxy groups -OCH3 is 1. The number of likely N-dealkylation sites (tertiary alicyclic amines) is 1. The maximum Gasteiger partial charge on any atom is 0.231 e. The quantitative estimate of drug-likeness (QED) is 0.574. The van der Waals surface area contributed by atoms with Crippen LogP contribution in [0.25, 0.3) is 10.9 Å². The Morgan fingerprint density at radius 3 is 2.69 bits per heavy atom. The molecule has 0 radical (unpaired) electrons. The lowest BCUT2D eigenvalue weighted by Gasteiger charge is -2.29. The monoisotopic (exact) mass is 480 g/mol. The lowest BCUT2D eigenvalue weighted by Crippen LogP contribution is -2.35. The zero-order valence-corrected chi connectivity index (χ0v) is 19.5. The van der Waals surface area contributed by atoms with Gasteiger partial charge >= 0.3 is 0 Å². The first-order valence-electron chi connectivity index (χ1n) is 10.0. The molecule has 32 heavy (non-hydrogen) atoms. The van der Waals surface area contributed by atoms with Crippen LogP contribution < -0.4 is 24.3 Å². The smallest absolute Gasteiger partial charge is 0.231 e. The van der Waals surface area contributed by atoms with E-state index in [1.165, 1.54) is 6.33 Å². The molecule has 0 bridgehead atoms. The molecule has 1 saturated heterocycles. The predicted octanol–water partition coefficient (Wildman–Crippen LogP) is 4.43. The van der Waals surface area contributed by atoms with Crippen molar-refractivity contribution in [3.8, 4) is 23.0 Å². The Balaban J connectivity index is 0.00000144. The van der Waals surface area contributed by atoms with E-state index in [1.54, 1.807) is 7.11 Å². The first kappa shape index (κ1) is 24.0. The van der Waals surface area contributed by atoms with E-state index in [0.717, 1.165) is 42.5 Å². The number of halogens is 2. The molecule has 1 aromatic heterocycles. The molecule has 2 aliphatic rings. The molecule has 8 nitrogen and oxygen atoms in total. The van der Waals surface area contributed by atoms with E-state index < -0.39 is 0 Å². The molecule has 10 heteroatoms. The third kappa shape index (κ3) is 4.72. The molecule has 1 fully saturated rings. The molecule has 3 heterocycles. The van der Waals surface area contributed by atoms with Gasteiger partial charge in [-0.05, 0) is 32.0 Å². The Hall–Kier alpha value is -2.68. The van der Waals surface area contributed by atoms with Crippen LogP contribution in [-0.2, 0) is 0 Å². The number of benzene rings is 2. The summed E-state index contributed by atoms with van der Waals surface area (Å²) in [5, 5.41) is 4.20.